The molecule has 1 aliphatic heterocycles. The van der Waals surface area contributed by atoms with E-state index in [0.29, 0.717) is 40.2 Å². The summed E-state index contributed by atoms with van der Waals surface area (Å²) in [4.78, 5) is 32.7. The number of aryl methyl sites for hydroxylation is 1. The summed E-state index contributed by atoms with van der Waals surface area (Å²) in [5.41, 5.74) is 3.85. The van der Waals surface area contributed by atoms with Gasteiger partial charge in [0.25, 0.3) is 5.91 Å². The number of hydrogen-bond donors (Lipinski definition) is 2. The molecule has 1 saturated carbocycles. The number of hydrogen-bond acceptors (Lipinski definition) is 6. The molecule has 1 spiro atoms. The predicted molar refractivity (Wildman–Crippen MR) is 123 cm³/mol. The summed E-state index contributed by atoms with van der Waals surface area (Å²) in [5.74, 6) is -0.260. The van der Waals surface area contributed by atoms with Crippen molar-refractivity contribution in [2.45, 2.75) is 57.6 Å². The first-order valence-corrected chi connectivity index (χ1v) is 11.7. The Balaban J connectivity index is 1.40. The van der Waals surface area contributed by atoms with E-state index < -0.39 is 11.7 Å². The third-order valence-electron chi connectivity index (χ3n) is 6.16. The molecule has 0 bridgehead atoms. The maximum absolute atomic E-state index is 13.6. The summed E-state index contributed by atoms with van der Waals surface area (Å²) in [5, 5.41) is 7.27. The molecule has 1 atom stereocenters. The Morgan fingerprint density at radius 3 is 2.76 bits per heavy atom. The molecule has 174 valence electrons. The van der Waals surface area contributed by atoms with Crippen LogP contribution in [0, 0.1) is 18.7 Å². The predicted octanol–water partition coefficient (Wildman–Crippen LogP) is 4.27. The standard InChI is InChI=1S/C23H25BrFN5O3/c1-13(28-21(31)19-12-26-14(2)11-27-19)9-15-5-7-23(8-6-15)20(29-30-22(32)33-23)17-4-3-16(25)10-18(17)24/h3-4,10-13,15H,5-9H2,1-2H3,(H,28,31)(H,30,32)/t13-,15?,23?/m0/s1. The van der Waals surface area contributed by atoms with E-state index in [1.165, 1.54) is 18.3 Å². The Labute approximate surface area is 199 Å². The molecule has 10 heteroatoms. The van der Waals surface area contributed by atoms with E-state index in [0.717, 1.165) is 25.0 Å². The molecular formula is C23H25BrFN5O3. The van der Waals surface area contributed by atoms with Gasteiger partial charge in [-0.1, -0.05) is 15.9 Å². The maximum Gasteiger partial charge on any atom is 0.428 e. The molecule has 1 aliphatic carbocycles. The van der Waals surface area contributed by atoms with E-state index in [1.54, 1.807) is 12.3 Å². The van der Waals surface area contributed by atoms with E-state index in [9.17, 15) is 14.0 Å². The lowest BCUT2D eigenvalue weighted by Gasteiger charge is -2.42. The van der Waals surface area contributed by atoms with Gasteiger partial charge in [0.1, 0.15) is 17.2 Å². The topological polar surface area (TPSA) is 106 Å². The quantitative estimate of drug-likeness (QED) is 0.615. The van der Waals surface area contributed by atoms with Gasteiger partial charge in [-0.2, -0.15) is 5.10 Å². The van der Waals surface area contributed by atoms with Crippen LogP contribution in [0.25, 0.3) is 0 Å². The van der Waals surface area contributed by atoms with Crippen LogP contribution >= 0.6 is 15.9 Å². The molecule has 2 aromatic rings. The van der Waals surface area contributed by atoms with Gasteiger partial charge in [0, 0.05) is 22.3 Å². The lowest BCUT2D eigenvalue weighted by atomic mass is 9.73. The van der Waals surface area contributed by atoms with Crippen molar-refractivity contribution in [3.63, 3.8) is 0 Å². The number of rotatable bonds is 5. The van der Waals surface area contributed by atoms with Gasteiger partial charge < -0.3 is 10.1 Å². The van der Waals surface area contributed by atoms with Gasteiger partial charge in [0.05, 0.1) is 11.9 Å². The van der Waals surface area contributed by atoms with Gasteiger partial charge >= 0.3 is 6.09 Å². The molecular weight excluding hydrogens is 493 g/mol. The molecule has 2 amide bonds. The third-order valence-corrected chi connectivity index (χ3v) is 6.81. The molecule has 2 aliphatic rings. The van der Waals surface area contributed by atoms with Crippen LogP contribution in [0.15, 0.2) is 40.2 Å². The first kappa shape index (κ1) is 23.3. The number of aromatic nitrogens is 2. The first-order valence-electron chi connectivity index (χ1n) is 10.9. The molecule has 0 unspecified atom stereocenters. The third kappa shape index (κ3) is 5.21. The highest BCUT2D eigenvalue weighted by molar-refractivity contribution is 9.10. The van der Waals surface area contributed by atoms with E-state index in [4.69, 9.17) is 4.74 Å². The van der Waals surface area contributed by atoms with Crippen molar-refractivity contribution in [3.05, 3.63) is 57.8 Å². The summed E-state index contributed by atoms with van der Waals surface area (Å²) in [6.45, 7) is 3.79. The summed E-state index contributed by atoms with van der Waals surface area (Å²) in [7, 11) is 0. The molecule has 1 fully saturated rings. The fourth-order valence-corrected chi connectivity index (χ4v) is 5.06. The summed E-state index contributed by atoms with van der Waals surface area (Å²) >= 11 is 3.40. The average Bonchev–Trinajstić information content (AvgIpc) is 2.77. The monoisotopic (exact) mass is 517 g/mol. The van der Waals surface area contributed by atoms with E-state index in [2.05, 4.69) is 41.7 Å². The van der Waals surface area contributed by atoms with Crippen molar-refractivity contribution in [2.75, 3.05) is 0 Å². The minimum absolute atomic E-state index is 0.0467. The zero-order valence-electron chi connectivity index (χ0n) is 18.4. The van der Waals surface area contributed by atoms with Crippen LogP contribution in [0.4, 0.5) is 9.18 Å². The Bertz CT molecular complexity index is 1080. The second kappa shape index (κ2) is 9.54. The summed E-state index contributed by atoms with van der Waals surface area (Å²) < 4.78 is 19.9. The number of amides is 2. The summed E-state index contributed by atoms with van der Waals surface area (Å²) in [6.07, 6.45) is 6.04. The van der Waals surface area contributed by atoms with E-state index in [-0.39, 0.29) is 17.8 Å². The molecule has 4 rings (SSSR count). The number of ether oxygens (including phenoxy) is 1. The minimum atomic E-state index is -0.858. The van der Waals surface area contributed by atoms with Crippen molar-refractivity contribution in [1.29, 1.82) is 0 Å². The molecule has 33 heavy (non-hydrogen) atoms. The van der Waals surface area contributed by atoms with Crippen molar-refractivity contribution >= 4 is 33.6 Å². The van der Waals surface area contributed by atoms with Crippen LogP contribution in [-0.4, -0.2) is 39.3 Å². The second-order valence-electron chi connectivity index (χ2n) is 8.68. The summed E-state index contributed by atoms with van der Waals surface area (Å²) in [6, 6.07) is 4.32. The zero-order valence-corrected chi connectivity index (χ0v) is 20.0. The van der Waals surface area contributed by atoms with Gasteiger partial charge in [-0.25, -0.2) is 19.6 Å². The first-order chi connectivity index (χ1) is 15.8. The highest BCUT2D eigenvalue weighted by Crippen LogP contribution is 2.41. The normalized spacial score (nSPS) is 23.3. The number of nitrogens with one attached hydrogen (secondary N) is 2. The molecule has 1 aromatic carbocycles. The van der Waals surface area contributed by atoms with Crippen LogP contribution in [0.5, 0.6) is 0 Å². The van der Waals surface area contributed by atoms with E-state index >= 15 is 0 Å². The van der Waals surface area contributed by atoms with Crippen LogP contribution in [0.3, 0.4) is 0 Å². The fourth-order valence-electron chi connectivity index (χ4n) is 4.52. The lowest BCUT2D eigenvalue weighted by Crippen LogP contribution is -2.52. The fraction of sp³-hybridized carbons (Fsp3) is 0.435. The van der Waals surface area contributed by atoms with Crippen LogP contribution in [-0.2, 0) is 4.74 Å². The Kier molecular flexibility index (Phi) is 6.73. The smallest absolute Gasteiger partial charge is 0.428 e. The molecule has 0 radical (unpaired) electrons. The van der Waals surface area contributed by atoms with Gasteiger partial charge in [-0.3, -0.25) is 9.78 Å². The maximum atomic E-state index is 13.6. The largest absolute Gasteiger partial charge is 0.435 e. The molecule has 0 saturated heterocycles. The number of halogens is 2. The number of carbonyl (C=O) groups is 2. The van der Waals surface area contributed by atoms with Crippen molar-refractivity contribution < 1.29 is 18.7 Å². The molecule has 2 heterocycles. The van der Waals surface area contributed by atoms with Crippen LogP contribution in [0.1, 0.15) is 60.8 Å². The molecule has 2 N–H and O–H groups in total. The minimum Gasteiger partial charge on any atom is -0.435 e. The Morgan fingerprint density at radius 2 is 2.09 bits per heavy atom. The number of nitrogens with zero attached hydrogens (tertiary/aromatic N) is 3. The Morgan fingerprint density at radius 1 is 1.33 bits per heavy atom. The van der Waals surface area contributed by atoms with Crippen molar-refractivity contribution in [3.8, 4) is 0 Å². The Hall–Kier alpha value is -2.88. The number of carbonyl (C=O) groups excluding carboxylic acids is 2. The number of benzene rings is 1. The van der Waals surface area contributed by atoms with Gasteiger partial charge in [-0.05, 0) is 70.1 Å². The second-order valence-corrected chi connectivity index (χ2v) is 9.53. The van der Waals surface area contributed by atoms with Crippen LogP contribution in [0.2, 0.25) is 0 Å². The average molecular weight is 518 g/mol. The SMILES string of the molecule is Cc1cnc(C(=O)N[C@@H](C)CC2CCC3(CC2)OC(=O)NN=C3c2ccc(F)cc2Br)cn1. The molecule has 1 aromatic heterocycles. The van der Waals surface area contributed by atoms with E-state index in [1.807, 2.05) is 13.8 Å². The molecule has 8 nitrogen and oxygen atoms in total. The zero-order chi connectivity index (χ0) is 23.6. The van der Waals surface area contributed by atoms with Crippen LogP contribution < -0.4 is 10.7 Å². The number of hydrazone groups is 1. The van der Waals surface area contributed by atoms with Crippen molar-refractivity contribution in [1.82, 2.24) is 20.7 Å². The van der Waals surface area contributed by atoms with Gasteiger partial charge in [-0.15, -0.1) is 0 Å². The van der Waals surface area contributed by atoms with Crippen molar-refractivity contribution in [2.24, 2.45) is 11.0 Å². The highest BCUT2D eigenvalue weighted by Gasteiger charge is 2.46. The highest BCUT2D eigenvalue weighted by atomic mass is 79.9. The van der Waals surface area contributed by atoms with Gasteiger partial charge in [0.2, 0.25) is 0 Å². The lowest BCUT2D eigenvalue weighted by molar-refractivity contribution is 0.0154. The van der Waals surface area contributed by atoms with Gasteiger partial charge in [0.15, 0.2) is 5.60 Å².